The lowest BCUT2D eigenvalue weighted by atomic mass is 10.1. The molecule has 0 unspecified atom stereocenters. The van der Waals surface area contributed by atoms with Crippen molar-refractivity contribution in [3.05, 3.63) is 58.5 Å². The number of nitrogens with one attached hydrogen (secondary N) is 1. The van der Waals surface area contributed by atoms with Gasteiger partial charge in [0.2, 0.25) is 0 Å². The van der Waals surface area contributed by atoms with E-state index in [0.717, 1.165) is 5.56 Å². The summed E-state index contributed by atoms with van der Waals surface area (Å²) in [6.07, 6.45) is 2.94. The van der Waals surface area contributed by atoms with Crippen LogP contribution in [0.2, 0.25) is 5.02 Å². The third kappa shape index (κ3) is 2.99. The highest BCUT2D eigenvalue weighted by atomic mass is 35.5. The van der Waals surface area contributed by atoms with Gasteiger partial charge in [-0.15, -0.1) is 0 Å². The zero-order valence-electron chi connectivity index (χ0n) is 9.68. The Labute approximate surface area is 109 Å². The van der Waals surface area contributed by atoms with Gasteiger partial charge >= 0.3 is 0 Å². The van der Waals surface area contributed by atoms with E-state index >= 15 is 0 Å². The molecular weight excluding hydrogens is 252 g/mol. The molecule has 1 aromatic heterocycles. The minimum Gasteiger partial charge on any atom is -0.463 e. The van der Waals surface area contributed by atoms with E-state index in [1.54, 1.807) is 24.3 Å². The van der Waals surface area contributed by atoms with E-state index in [1.807, 2.05) is 13.0 Å². The fraction of sp³-hybridized carbons (Fsp3) is 0.0769. The number of halogens is 1. The van der Waals surface area contributed by atoms with E-state index in [2.05, 4.69) is 10.5 Å². The van der Waals surface area contributed by atoms with Crippen LogP contribution in [-0.2, 0) is 0 Å². The maximum atomic E-state index is 11.8. The van der Waals surface area contributed by atoms with Gasteiger partial charge in [0.15, 0.2) is 0 Å². The summed E-state index contributed by atoms with van der Waals surface area (Å²) in [5.41, 5.74) is 3.77. The summed E-state index contributed by atoms with van der Waals surface area (Å²) < 4.78 is 5.03. The van der Waals surface area contributed by atoms with Crippen LogP contribution in [0.1, 0.15) is 21.7 Å². The maximum absolute atomic E-state index is 11.8. The van der Waals surface area contributed by atoms with E-state index < -0.39 is 0 Å². The number of rotatable bonds is 3. The molecule has 0 saturated carbocycles. The van der Waals surface area contributed by atoms with Gasteiger partial charge in [0.1, 0.15) is 5.76 Å². The van der Waals surface area contributed by atoms with Crippen LogP contribution in [0.25, 0.3) is 0 Å². The molecule has 92 valence electrons. The first-order chi connectivity index (χ1) is 8.66. The van der Waals surface area contributed by atoms with Gasteiger partial charge in [-0.25, -0.2) is 5.43 Å². The van der Waals surface area contributed by atoms with Crippen LogP contribution < -0.4 is 5.43 Å². The third-order valence-corrected chi connectivity index (χ3v) is 2.58. The maximum Gasteiger partial charge on any atom is 0.272 e. The first-order valence-corrected chi connectivity index (χ1v) is 5.67. The normalized spacial score (nSPS) is 10.8. The van der Waals surface area contributed by atoms with Gasteiger partial charge in [-0.1, -0.05) is 17.7 Å². The van der Waals surface area contributed by atoms with Crippen molar-refractivity contribution in [2.45, 2.75) is 6.92 Å². The van der Waals surface area contributed by atoms with Crippen LogP contribution in [-0.4, -0.2) is 12.1 Å². The van der Waals surface area contributed by atoms with Gasteiger partial charge < -0.3 is 4.42 Å². The third-order valence-electron chi connectivity index (χ3n) is 2.27. The topological polar surface area (TPSA) is 54.6 Å². The first-order valence-electron chi connectivity index (χ1n) is 5.30. The number of aryl methyl sites for hydroxylation is 1. The molecule has 0 saturated heterocycles. The summed E-state index contributed by atoms with van der Waals surface area (Å²) in [4.78, 5) is 11.8. The van der Waals surface area contributed by atoms with Crippen LogP contribution in [0.4, 0.5) is 0 Å². The molecule has 0 aliphatic carbocycles. The molecule has 2 aromatic rings. The first kappa shape index (κ1) is 12.4. The molecule has 0 atom stereocenters. The predicted molar refractivity (Wildman–Crippen MR) is 70.0 cm³/mol. The molecule has 0 aliphatic heterocycles. The Balaban J connectivity index is 2.04. The summed E-state index contributed by atoms with van der Waals surface area (Å²) in [5, 5.41) is 4.18. The van der Waals surface area contributed by atoms with E-state index in [9.17, 15) is 4.79 Å². The quantitative estimate of drug-likeness (QED) is 0.683. The van der Waals surface area contributed by atoms with E-state index in [4.69, 9.17) is 16.0 Å². The van der Waals surface area contributed by atoms with Crippen LogP contribution in [0, 0.1) is 6.92 Å². The minimum atomic E-state index is -0.359. The highest BCUT2D eigenvalue weighted by Crippen LogP contribution is 2.17. The highest BCUT2D eigenvalue weighted by molar-refractivity contribution is 6.33. The second kappa shape index (κ2) is 5.51. The fourth-order valence-corrected chi connectivity index (χ4v) is 1.70. The van der Waals surface area contributed by atoms with Gasteiger partial charge in [0.25, 0.3) is 5.91 Å². The molecule has 2 rings (SSSR count). The number of furan rings is 1. The Hall–Kier alpha value is -2.07. The second-order valence-corrected chi connectivity index (χ2v) is 4.11. The number of hydrogen-bond donors (Lipinski definition) is 1. The standard InChI is InChI=1S/C13H11ClN2O2/c1-9-4-5-11(12(14)7-9)13(17)16-15-8-10-3-2-6-18-10/h2-8H,1H3,(H,16,17). The largest absolute Gasteiger partial charge is 0.463 e. The lowest BCUT2D eigenvalue weighted by Crippen LogP contribution is -2.18. The van der Waals surface area contributed by atoms with Crippen molar-refractivity contribution in [1.82, 2.24) is 5.43 Å². The van der Waals surface area contributed by atoms with Crippen LogP contribution in [0.15, 0.2) is 46.1 Å². The molecular formula is C13H11ClN2O2. The second-order valence-electron chi connectivity index (χ2n) is 3.70. The number of carbonyl (C=O) groups excluding carboxylic acids is 1. The Morgan fingerprint density at radius 3 is 2.94 bits per heavy atom. The number of carbonyl (C=O) groups is 1. The molecule has 0 aliphatic rings. The average Bonchev–Trinajstić information content (AvgIpc) is 2.81. The Morgan fingerprint density at radius 2 is 2.28 bits per heavy atom. The molecule has 18 heavy (non-hydrogen) atoms. The number of hydrazone groups is 1. The molecule has 0 radical (unpaired) electrons. The number of nitrogens with zero attached hydrogens (tertiary/aromatic N) is 1. The summed E-state index contributed by atoms with van der Waals surface area (Å²) in [5.74, 6) is 0.202. The molecule has 5 heteroatoms. The zero-order chi connectivity index (χ0) is 13.0. The monoisotopic (exact) mass is 262 g/mol. The summed E-state index contributed by atoms with van der Waals surface area (Å²) >= 11 is 5.97. The Kier molecular flexibility index (Phi) is 3.79. The molecule has 1 N–H and O–H groups in total. The van der Waals surface area contributed by atoms with Gasteiger partial charge in [0, 0.05) is 0 Å². The summed E-state index contributed by atoms with van der Waals surface area (Å²) in [6.45, 7) is 1.91. The van der Waals surface area contributed by atoms with Crippen molar-refractivity contribution in [3.63, 3.8) is 0 Å². The average molecular weight is 263 g/mol. The molecule has 0 fully saturated rings. The van der Waals surface area contributed by atoms with Gasteiger partial charge in [-0.05, 0) is 36.8 Å². The van der Waals surface area contributed by atoms with Gasteiger partial charge in [-0.3, -0.25) is 4.79 Å². The van der Waals surface area contributed by atoms with Crippen LogP contribution >= 0.6 is 11.6 Å². The van der Waals surface area contributed by atoms with Gasteiger partial charge in [0.05, 0.1) is 23.1 Å². The van der Waals surface area contributed by atoms with Gasteiger partial charge in [-0.2, -0.15) is 5.10 Å². The fourth-order valence-electron chi connectivity index (χ4n) is 1.38. The van der Waals surface area contributed by atoms with Crippen molar-refractivity contribution in [2.75, 3.05) is 0 Å². The lowest BCUT2D eigenvalue weighted by molar-refractivity contribution is 0.0955. The number of hydrogen-bond acceptors (Lipinski definition) is 3. The molecule has 1 aromatic carbocycles. The summed E-state index contributed by atoms with van der Waals surface area (Å²) in [7, 11) is 0. The highest BCUT2D eigenvalue weighted by Gasteiger charge is 2.08. The van der Waals surface area contributed by atoms with Crippen molar-refractivity contribution in [1.29, 1.82) is 0 Å². The van der Waals surface area contributed by atoms with Crippen molar-refractivity contribution in [3.8, 4) is 0 Å². The van der Waals surface area contributed by atoms with E-state index in [0.29, 0.717) is 16.3 Å². The van der Waals surface area contributed by atoms with E-state index in [-0.39, 0.29) is 5.91 Å². The predicted octanol–water partition coefficient (Wildman–Crippen LogP) is 3.01. The van der Waals surface area contributed by atoms with Crippen molar-refractivity contribution >= 4 is 23.7 Å². The van der Waals surface area contributed by atoms with Crippen LogP contribution in [0.3, 0.4) is 0 Å². The van der Waals surface area contributed by atoms with Crippen LogP contribution in [0.5, 0.6) is 0 Å². The molecule has 0 spiro atoms. The SMILES string of the molecule is Cc1ccc(C(=O)NN=Cc2ccco2)c(Cl)c1. The van der Waals surface area contributed by atoms with Crippen molar-refractivity contribution < 1.29 is 9.21 Å². The number of amides is 1. The lowest BCUT2D eigenvalue weighted by Gasteiger charge is -2.03. The van der Waals surface area contributed by atoms with Crippen molar-refractivity contribution in [2.24, 2.45) is 5.10 Å². The molecule has 0 bridgehead atoms. The number of benzene rings is 1. The molecule has 4 nitrogen and oxygen atoms in total. The molecule has 1 amide bonds. The van der Waals surface area contributed by atoms with E-state index in [1.165, 1.54) is 12.5 Å². The minimum absolute atomic E-state index is 0.359. The smallest absolute Gasteiger partial charge is 0.272 e. The summed E-state index contributed by atoms with van der Waals surface area (Å²) in [6, 6.07) is 8.67. The Bertz CT molecular complexity index is 577. The molecule has 1 heterocycles. The Morgan fingerprint density at radius 1 is 1.44 bits per heavy atom. The zero-order valence-corrected chi connectivity index (χ0v) is 10.4.